The molecule has 1 heterocycles. The largest absolute Gasteiger partial charge is 0.480 e. The molecule has 2 atom stereocenters. The van der Waals surface area contributed by atoms with E-state index in [1.54, 1.807) is 17.0 Å². The Morgan fingerprint density at radius 1 is 1.12 bits per heavy atom. The number of hydrogen-bond donors (Lipinski definition) is 2. The van der Waals surface area contributed by atoms with Gasteiger partial charge in [0.1, 0.15) is 6.04 Å². The van der Waals surface area contributed by atoms with Crippen LogP contribution in [0.5, 0.6) is 0 Å². The zero-order valence-electron chi connectivity index (χ0n) is 24.0. The predicted molar refractivity (Wildman–Crippen MR) is 160 cm³/mol. The maximum absolute atomic E-state index is 14.6. The summed E-state index contributed by atoms with van der Waals surface area (Å²) in [5.74, 6) is -3.19. The van der Waals surface area contributed by atoms with E-state index in [1.165, 1.54) is 31.0 Å². The molecule has 1 saturated heterocycles. The first-order valence-electron chi connectivity index (χ1n) is 14.6. The third-order valence-electron chi connectivity index (χ3n) is 8.24. The Morgan fingerprint density at radius 3 is 2.59 bits per heavy atom. The van der Waals surface area contributed by atoms with Crippen molar-refractivity contribution in [3.63, 3.8) is 0 Å². The zero-order chi connectivity index (χ0) is 29.4. The lowest BCUT2D eigenvalue weighted by atomic mass is 9.90. The fraction of sp³-hybridized carbons (Fsp3) is 0.562. The van der Waals surface area contributed by atoms with Gasteiger partial charge in [-0.05, 0) is 78.5 Å². The molecule has 0 radical (unpaired) electrons. The van der Waals surface area contributed by atoms with Crippen LogP contribution in [0.15, 0.2) is 42.5 Å². The molecule has 41 heavy (non-hydrogen) atoms. The van der Waals surface area contributed by atoms with Gasteiger partial charge >= 0.3 is 5.97 Å². The molecule has 9 heteroatoms. The minimum atomic E-state index is -2.78. The summed E-state index contributed by atoms with van der Waals surface area (Å²) in [6, 6.07) is 11.6. The standard InChI is InChI=1S/C32H42F2N2O4S/c1-22-8-6-7-11-26(22)28-16-24(12-13-27(28)30(37)35-29(31(38)39)14-15-41-2)18-36-21-32(33,34)17-25(36)20-40-19-23-9-4-3-5-10-23/h6-8,11-13,16,23,25,29H,3-5,9-10,14-15,17-21H2,1-2H3,(H,35,37)(H,38,39)/t25-,29-/m0/s1. The summed E-state index contributed by atoms with van der Waals surface area (Å²) in [5, 5.41) is 12.3. The summed E-state index contributed by atoms with van der Waals surface area (Å²) in [4.78, 5) is 26.9. The highest BCUT2D eigenvalue weighted by Gasteiger charge is 2.45. The Bertz CT molecular complexity index is 1190. The molecule has 2 aliphatic rings. The molecule has 2 aromatic carbocycles. The van der Waals surface area contributed by atoms with Crippen molar-refractivity contribution in [3.8, 4) is 11.1 Å². The van der Waals surface area contributed by atoms with Gasteiger partial charge in [0.2, 0.25) is 0 Å². The van der Waals surface area contributed by atoms with Gasteiger partial charge in [-0.1, -0.05) is 49.6 Å². The number of carbonyl (C=O) groups is 2. The van der Waals surface area contributed by atoms with Gasteiger partial charge in [-0.3, -0.25) is 9.69 Å². The molecule has 0 aromatic heterocycles. The SMILES string of the molecule is CSCC[C@H](NC(=O)c1ccc(CN2CC(F)(F)C[C@H]2COCC2CCCCC2)cc1-c1ccccc1C)C(=O)O. The van der Waals surface area contributed by atoms with Crippen molar-refractivity contribution >= 4 is 23.6 Å². The van der Waals surface area contributed by atoms with Crippen LogP contribution < -0.4 is 5.32 Å². The summed E-state index contributed by atoms with van der Waals surface area (Å²) < 4.78 is 35.1. The van der Waals surface area contributed by atoms with E-state index in [1.807, 2.05) is 43.5 Å². The van der Waals surface area contributed by atoms with Crippen LogP contribution in [-0.4, -0.2) is 71.7 Å². The molecule has 2 N–H and O–H groups in total. The molecule has 224 valence electrons. The summed E-state index contributed by atoms with van der Waals surface area (Å²) in [6.45, 7) is 2.83. The maximum atomic E-state index is 14.6. The van der Waals surface area contributed by atoms with Crippen LogP contribution in [-0.2, 0) is 16.1 Å². The van der Waals surface area contributed by atoms with E-state index in [9.17, 15) is 23.5 Å². The quantitative estimate of drug-likeness (QED) is 0.282. The van der Waals surface area contributed by atoms with Gasteiger partial charge in [-0.25, -0.2) is 13.6 Å². The summed E-state index contributed by atoms with van der Waals surface area (Å²) in [7, 11) is 0. The van der Waals surface area contributed by atoms with Crippen LogP contribution in [0.25, 0.3) is 11.1 Å². The van der Waals surface area contributed by atoms with Crippen LogP contribution in [0, 0.1) is 12.8 Å². The highest BCUT2D eigenvalue weighted by Crippen LogP contribution is 2.35. The lowest BCUT2D eigenvalue weighted by Crippen LogP contribution is -2.41. The molecule has 1 amide bonds. The number of carboxylic acid groups (broad SMARTS) is 1. The van der Waals surface area contributed by atoms with Gasteiger partial charge in [0, 0.05) is 31.2 Å². The van der Waals surface area contributed by atoms with Crippen LogP contribution >= 0.6 is 11.8 Å². The number of ether oxygens (including phenoxy) is 1. The molecule has 1 aliphatic carbocycles. The van der Waals surface area contributed by atoms with Gasteiger partial charge in [0.15, 0.2) is 0 Å². The average molecular weight is 589 g/mol. The second-order valence-electron chi connectivity index (χ2n) is 11.5. The van der Waals surface area contributed by atoms with Crippen molar-refractivity contribution < 1.29 is 28.2 Å². The van der Waals surface area contributed by atoms with Crippen molar-refractivity contribution in [1.29, 1.82) is 0 Å². The lowest BCUT2D eigenvalue weighted by molar-refractivity contribution is -0.139. The number of carboxylic acids is 1. The second-order valence-corrected chi connectivity index (χ2v) is 12.5. The molecule has 0 spiro atoms. The smallest absolute Gasteiger partial charge is 0.326 e. The number of amides is 1. The van der Waals surface area contributed by atoms with E-state index in [4.69, 9.17) is 4.74 Å². The van der Waals surface area contributed by atoms with Gasteiger partial charge in [0.05, 0.1) is 13.2 Å². The molecule has 2 aromatic rings. The number of halogens is 2. The van der Waals surface area contributed by atoms with E-state index in [0.29, 0.717) is 42.4 Å². The van der Waals surface area contributed by atoms with Gasteiger partial charge in [-0.15, -0.1) is 0 Å². The highest BCUT2D eigenvalue weighted by molar-refractivity contribution is 7.98. The fourth-order valence-electron chi connectivity index (χ4n) is 5.99. The van der Waals surface area contributed by atoms with Crippen molar-refractivity contribution in [2.45, 2.75) is 76.4 Å². The van der Waals surface area contributed by atoms with E-state index in [2.05, 4.69) is 5.32 Å². The Kier molecular flexibility index (Phi) is 11.2. The number of aryl methyl sites for hydroxylation is 1. The average Bonchev–Trinajstić information content (AvgIpc) is 3.24. The van der Waals surface area contributed by atoms with Crippen molar-refractivity contribution in [2.75, 3.05) is 31.8 Å². The number of carbonyl (C=O) groups excluding carboxylic acids is 1. The van der Waals surface area contributed by atoms with E-state index >= 15 is 0 Å². The van der Waals surface area contributed by atoms with E-state index in [0.717, 1.165) is 29.5 Å². The minimum Gasteiger partial charge on any atom is -0.480 e. The monoisotopic (exact) mass is 588 g/mol. The maximum Gasteiger partial charge on any atom is 0.326 e. The lowest BCUT2D eigenvalue weighted by Gasteiger charge is -2.26. The van der Waals surface area contributed by atoms with Crippen LogP contribution in [0.2, 0.25) is 0 Å². The fourth-order valence-corrected chi connectivity index (χ4v) is 6.46. The predicted octanol–water partition coefficient (Wildman–Crippen LogP) is 6.40. The Morgan fingerprint density at radius 2 is 1.88 bits per heavy atom. The summed E-state index contributed by atoms with van der Waals surface area (Å²) >= 11 is 1.52. The number of nitrogens with one attached hydrogen (secondary N) is 1. The third-order valence-corrected chi connectivity index (χ3v) is 8.88. The number of alkyl halides is 2. The van der Waals surface area contributed by atoms with Crippen molar-refractivity contribution in [2.24, 2.45) is 5.92 Å². The molecule has 1 saturated carbocycles. The van der Waals surface area contributed by atoms with Gasteiger partial charge < -0.3 is 15.2 Å². The van der Waals surface area contributed by atoms with Crippen molar-refractivity contribution in [3.05, 3.63) is 59.2 Å². The topological polar surface area (TPSA) is 78.9 Å². The first kappa shape index (κ1) is 31.4. The Labute approximate surface area is 246 Å². The number of aliphatic carboxylic acids is 1. The highest BCUT2D eigenvalue weighted by atomic mass is 32.2. The van der Waals surface area contributed by atoms with Gasteiger partial charge in [-0.2, -0.15) is 11.8 Å². The molecule has 6 nitrogen and oxygen atoms in total. The molecular formula is C32H42F2N2O4S. The first-order valence-corrected chi connectivity index (χ1v) is 16.0. The van der Waals surface area contributed by atoms with Crippen LogP contribution in [0.3, 0.4) is 0 Å². The van der Waals surface area contributed by atoms with Crippen LogP contribution in [0.4, 0.5) is 8.78 Å². The number of hydrogen-bond acceptors (Lipinski definition) is 5. The number of rotatable bonds is 13. The van der Waals surface area contributed by atoms with E-state index < -0.39 is 23.8 Å². The number of likely N-dealkylation sites (tertiary alicyclic amines) is 1. The number of benzene rings is 2. The van der Waals surface area contributed by atoms with Crippen molar-refractivity contribution in [1.82, 2.24) is 10.2 Å². The normalized spacial score (nSPS) is 20.1. The van der Waals surface area contributed by atoms with Gasteiger partial charge in [0.25, 0.3) is 11.8 Å². The van der Waals surface area contributed by atoms with Crippen LogP contribution in [0.1, 0.15) is 66.4 Å². The molecule has 0 unspecified atom stereocenters. The second kappa shape index (κ2) is 14.6. The molecule has 1 aliphatic heterocycles. The molecular weight excluding hydrogens is 546 g/mol. The number of thioether (sulfide) groups is 1. The number of nitrogens with zero attached hydrogens (tertiary/aromatic N) is 1. The Hall–Kier alpha value is -2.49. The Balaban J connectivity index is 1.54. The molecule has 4 rings (SSSR count). The summed E-state index contributed by atoms with van der Waals surface area (Å²) in [6.07, 6.45) is 7.97. The summed E-state index contributed by atoms with van der Waals surface area (Å²) in [5.41, 5.74) is 3.62. The zero-order valence-corrected chi connectivity index (χ0v) is 24.9. The van der Waals surface area contributed by atoms with E-state index in [-0.39, 0.29) is 25.6 Å². The molecule has 2 fully saturated rings. The third kappa shape index (κ3) is 8.75. The molecule has 0 bridgehead atoms. The minimum absolute atomic E-state index is 0.227. The first-order chi connectivity index (χ1) is 19.7.